The van der Waals surface area contributed by atoms with Crippen molar-refractivity contribution in [2.75, 3.05) is 0 Å². The molecule has 1 N–H and O–H groups in total. The molecule has 0 atom stereocenters. The smallest absolute Gasteiger partial charge is 0.339 e. The molecule has 1 heterocycles. The zero-order chi connectivity index (χ0) is 11.0. The molecule has 0 saturated carbocycles. The van der Waals surface area contributed by atoms with Crippen LogP contribution in [0.5, 0.6) is 0 Å². The maximum absolute atomic E-state index is 11.5. The van der Waals surface area contributed by atoms with E-state index >= 15 is 0 Å². The van der Waals surface area contributed by atoms with E-state index in [0.717, 1.165) is 0 Å². The van der Waals surface area contributed by atoms with E-state index in [1.165, 1.54) is 18.2 Å². The Morgan fingerprint density at radius 2 is 2.13 bits per heavy atom. The predicted molar refractivity (Wildman–Crippen MR) is 54.2 cm³/mol. The van der Waals surface area contributed by atoms with Gasteiger partial charge >= 0.3 is 5.97 Å². The van der Waals surface area contributed by atoms with Gasteiger partial charge in [0, 0.05) is 6.07 Å². The SMILES string of the molecule is Cc1cc(=O)c2cccc(C(=O)O)c2o1. The highest BCUT2D eigenvalue weighted by Gasteiger charge is 2.12. The number of aryl methyl sites for hydroxylation is 1. The fraction of sp³-hybridized carbons (Fsp3) is 0.0909. The van der Waals surface area contributed by atoms with Crippen molar-refractivity contribution in [1.29, 1.82) is 0 Å². The number of rotatable bonds is 1. The second kappa shape index (κ2) is 3.24. The van der Waals surface area contributed by atoms with Crippen molar-refractivity contribution in [3.8, 4) is 0 Å². The van der Waals surface area contributed by atoms with E-state index < -0.39 is 5.97 Å². The molecule has 15 heavy (non-hydrogen) atoms. The van der Waals surface area contributed by atoms with Crippen molar-refractivity contribution >= 4 is 16.9 Å². The van der Waals surface area contributed by atoms with E-state index in [1.807, 2.05) is 0 Å². The van der Waals surface area contributed by atoms with E-state index in [1.54, 1.807) is 13.0 Å². The number of benzene rings is 1. The first-order valence-corrected chi connectivity index (χ1v) is 4.36. The molecule has 0 radical (unpaired) electrons. The first-order valence-electron chi connectivity index (χ1n) is 4.36. The van der Waals surface area contributed by atoms with Gasteiger partial charge < -0.3 is 9.52 Å². The first-order chi connectivity index (χ1) is 7.09. The molecule has 1 aromatic carbocycles. The molecule has 0 fully saturated rings. The molecular formula is C11H8O4. The van der Waals surface area contributed by atoms with Crippen LogP contribution in [0.4, 0.5) is 0 Å². The summed E-state index contributed by atoms with van der Waals surface area (Å²) in [7, 11) is 0. The Morgan fingerprint density at radius 1 is 1.40 bits per heavy atom. The van der Waals surface area contributed by atoms with E-state index in [9.17, 15) is 9.59 Å². The van der Waals surface area contributed by atoms with Crippen molar-refractivity contribution in [3.63, 3.8) is 0 Å². The highest BCUT2D eigenvalue weighted by atomic mass is 16.4. The number of hydrogen-bond acceptors (Lipinski definition) is 3. The Kier molecular flexibility index (Phi) is 2.04. The lowest BCUT2D eigenvalue weighted by Gasteiger charge is -2.01. The summed E-state index contributed by atoms with van der Waals surface area (Å²) >= 11 is 0. The second-order valence-electron chi connectivity index (χ2n) is 3.21. The van der Waals surface area contributed by atoms with Crippen LogP contribution in [-0.4, -0.2) is 11.1 Å². The third-order valence-electron chi connectivity index (χ3n) is 2.11. The van der Waals surface area contributed by atoms with Crippen LogP contribution in [0.25, 0.3) is 11.0 Å². The van der Waals surface area contributed by atoms with Crippen molar-refractivity contribution in [2.45, 2.75) is 6.92 Å². The molecule has 0 aliphatic carbocycles. The van der Waals surface area contributed by atoms with Crippen LogP contribution in [0.3, 0.4) is 0 Å². The van der Waals surface area contributed by atoms with Gasteiger partial charge in [0.2, 0.25) is 0 Å². The molecule has 0 saturated heterocycles. The first kappa shape index (κ1) is 9.45. The van der Waals surface area contributed by atoms with E-state index in [4.69, 9.17) is 9.52 Å². The number of aromatic carboxylic acids is 1. The van der Waals surface area contributed by atoms with Gasteiger partial charge in [-0.15, -0.1) is 0 Å². The fourth-order valence-corrected chi connectivity index (χ4v) is 1.46. The summed E-state index contributed by atoms with van der Waals surface area (Å²) in [6.45, 7) is 1.61. The van der Waals surface area contributed by atoms with Crippen molar-refractivity contribution < 1.29 is 14.3 Å². The second-order valence-corrected chi connectivity index (χ2v) is 3.21. The Morgan fingerprint density at radius 3 is 2.80 bits per heavy atom. The molecule has 2 rings (SSSR count). The molecule has 0 bridgehead atoms. The zero-order valence-electron chi connectivity index (χ0n) is 7.98. The van der Waals surface area contributed by atoms with Crippen LogP contribution in [0, 0.1) is 6.92 Å². The average molecular weight is 204 g/mol. The summed E-state index contributed by atoms with van der Waals surface area (Å²) < 4.78 is 5.25. The van der Waals surface area contributed by atoms with Gasteiger partial charge in [-0.3, -0.25) is 4.79 Å². The minimum Gasteiger partial charge on any atom is -0.478 e. The van der Waals surface area contributed by atoms with Crippen molar-refractivity contribution in [2.24, 2.45) is 0 Å². The normalized spacial score (nSPS) is 10.5. The molecule has 0 unspecified atom stereocenters. The van der Waals surface area contributed by atoms with Gasteiger partial charge in [0.25, 0.3) is 0 Å². The van der Waals surface area contributed by atoms with Crippen LogP contribution in [0.2, 0.25) is 0 Å². The largest absolute Gasteiger partial charge is 0.478 e. The summed E-state index contributed by atoms with van der Waals surface area (Å²) in [6.07, 6.45) is 0. The maximum atomic E-state index is 11.5. The molecule has 0 amide bonds. The Balaban J connectivity index is 2.97. The van der Waals surface area contributed by atoms with Crippen LogP contribution in [0.15, 0.2) is 33.5 Å². The number of carboxylic acid groups (broad SMARTS) is 1. The monoisotopic (exact) mass is 204 g/mol. The van der Waals surface area contributed by atoms with Crippen LogP contribution < -0.4 is 5.43 Å². The van der Waals surface area contributed by atoms with Gasteiger partial charge in [-0.25, -0.2) is 4.79 Å². The Labute approximate surface area is 84.8 Å². The Bertz CT molecular complexity index is 595. The van der Waals surface area contributed by atoms with E-state index in [0.29, 0.717) is 11.1 Å². The fourth-order valence-electron chi connectivity index (χ4n) is 1.46. The van der Waals surface area contributed by atoms with Crippen molar-refractivity contribution in [1.82, 2.24) is 0 Å². The van der Waals surface area contributed by atoms with E-state index in [2.05, 4.69) is 0 Å². The predicted octanol–water partition coefficient (Wildman–Crippen LogP) is 1.80. The molecule has 0 aliphatic rings. The zero-order valence-corrected chi connectivity index (χ0v) is 7.98. The van der Waals surface area contributed by atoms with E-state index in [-0.39, 0.29) is 16.6 Å². The number of hydrogen-bond donors (Lipinski definition) is 1. The maximum Gasteiger partial charge on any atom is 0.339 e. The van der Waals surface area contributed by atoms with Gasteiger partial charge in [0.15, 0.2) is 11.0 Å². The molecule has 2 aromatic rings. The lowest BCUT2D eigenvalue weighted by molar-refractivity contribution is 0.0697. The minimum absolute atomic E-state index is 0.00769. The van der Waals surface area contributed by atoms with Gasteiger partial charge in [-0.1, -0.05) is 6.07 Å². The highest BCUT2D eigenvalue weighted by molar-refractivity contribution is 6.00. The van der Waals surface area contributed by atoms with Crippen LogP contribution >= 0.6 is 0 Å². The molecule has 0 spiro atoms. The summed E-state index contributed by atoms with van der Waals surface area (Å²) in [5.41, 5.74) is -0.0832. The number of carboxylic acids is 1. The van der Waals surface area contributed by atoms with Gasteiger partial charge in [0.1, 0.15) is 11.3 Å². The number of para-hydroxylation sites is 1. The molecular weight excluding hydrogens is 196 g/mol. The summed E-state index contributed by atoms with van der Waals surface area (Å²) in [5.74, 6) is -0.699. The molecule has 4 nitrogen and oxygen atoms in total. The lowest BCUT2D eigenvalue weighted by Crippen LogP contribution is -2.04. The van der Waals surface area contributed by atoms with Crippen molar-refractivity contribution in [3.05, 3.63) is 45.8 Å². The van der Waals surface area contributed by atoms with Crippen LogP contribution in [-0.2, 0) is 0 Å². The number of carbonyl (C=O) groups is 1. The molecule has 0 aliphatic heterocycles. The number of fused-ring (bicyclic) bond motifs is 1. The van der Waals surface area contributed by atoms with Gasteiger partial charge in [-0.2, -0.15) is 0 Å². The average Bonchev–Trinajstić information content (AvgIpc) is 2.16. The standard InChI is InChI=1S/C11H8O4/c1-6-5-9(12)7-3-2-4-8(11(13)14)10(7)15-6/h2-5H,1H3,(H,13,14). The third kappa shape index (κ3) is 1.50. The quantitative estimate of drug-likeness (QED) is 0.769. The third-order valence-corrected chi connectivity index (χ3v) is 2.11. The highest BCUT2D eigenvalue weighted by Crippen LogP contribution is 2.17. The minimum atomic E-state index is -1.10. The topological polar surface area (TPSA) is 67.5 Å². The van der Waals surface area contributed by atoms with Gasteiger partial charge in [-0.05, 0) is 19.1 Å². The summed E-state index contributed by atoms with van der Waals surface area (Å²) in [4.78, 5) is 22.4. The van der Waals surface area contributed by atoms with Crippen LogP contribution in [0.1, 0.15) is 16.1 Å². The summed E-state index contributed by atoms with van der Waals surface area (Å²) in [6, 6.07) is 5.83. The molecule has 1 aromatic heterocycles. The molecule has 4 heteroatoms. The summed E-state index contributed by atoms with van der Waals surface area (Å²) in [5, 5.41) is 9.19. The Hall–Kier alpha value is -2.10. The molecule has 76 valence electrons. The lowest BCUT2D eigenvalue weighted by atomic mass is 10.1. The van der Waals surface area contributed by atoms with Gasteiger partial charge in [0.05, 0.1) is 5.39 Å².